The highest BCUT2D eigenvalue weighted by Crippen LogP contribution is 2.32. The van der Waals surface area contributed by atoms with Crippen LogP contribution in [0.25, 0.3) is 0 Å². The second kappa shape index (κ2) is 4.44. The van der Waals surface area contributed by atoms with Gasteiger partial charge in [-0.3, -0.25) is 10.1 Å². The maximum absolute atomic E-state index is 11.7. The van der Waals surface area contributed by atoms with Gasteiger partial charge in [0.25, 0.3) is 0 Å². The highest BCUT2D eigenvalue weighted by molar-refractivity contribution is 5.96. The van der Waals surface area contributed by atoms with E-state index in [9.17, 15) is 9.59 Å². The van der Waals surface area contributed by atoms with Crippen LogP contribution >= 0.6 is 0 Å². The van der Waals surface area contributed by atoms with Crippen LogP contribution in [0.3, 0.4) is 0 Å². The van der Waals surface area contributed by atoms with E-state index in [2.05, 4.69) is 19.2 Å². The Balaban J connectivity index is 1.97. The van der Waals surface area contributed by atoms with E-state index in [0.717, 1.165) is 18.8 Å². The van der Waals surface area contributed by atoms with Crippen molar-refractivity contribution in [2.75, 3.05) is 6.54 Å². The fraction of sp³-hybridized carbons (Fsp3) is 0.833. The van der Waals surface area contributed by atoms with Gasteiger partial charge in [0.1, 0.15) is 0 Å². The van der Waals surface area contributed by atoms with Crippen LogP contribution in [0.2, 0.25) is 0 Å². The summed E-state index contributed by atoms with van der Waals surface area (Å²) in [6, 6.07) is 0.141. The Hall–Kier alpha value is -1.06. The zero-order valence-electron chi connectivity index (χ0n) is 10.0. The summed E-state index contributed by atoms with van der Waals surface area (Å²) in [6.07, 6.45) is 3.78. The summed E-state index contributed by atoms with van der Waals surface area (Å²) >= 11 is 0. The standard InChI is InChI=1S/C12H20N2O2/c1-8-3-4-10(7-9(8)2)14-6-5-11(15)13-12(14)16/h8-10H,3-7H2,1-2H3,(H,13,15,16). The molecule has 3 amide bonds. The van der Waals surface area contributed by atoms with Gasteiger partial charge in [-0.2, -0.15) is 0 Å². The van der Waals surface area contributed by atoms with Gasteiger partial charge < -0.3 is 4.90 Å². The number of carbonyl (C=O) groups is 2. The van der Waals surface area contributed by atoms with Crippen LogP contribution in [0.1, 0.15) is 39.5 Å². The topological polar surface area (TPSA) is 49.4 Å². The van der Waals surface area contributed by atoms with E-state index in [-0.39, 0.29) is 11.9 Å². The number of nitrogens with zero attached hydrogens (tertiary/aromatic N) is 1. The van der Waals surface area contributed by atoms with E-state index in [4.69, 9.17) is 0 Å². The molecular formula is C12H20N2O2. The summed E-state index contributed by atoms with van der Waals surface area (Å²) < 4.78 is 0. The highest BCUT2D eigenvalue weighted by Gasteiger charge is 2.33. The van der Waals surface area contributed by atoms with Crippen LogP contribution in [0.15, 0.2) is 0 Å². The molecule has 1 saturated heterocycles. The molecule has 1 saturated carbocycles. The van der Waals surface area contributed by atoms with Crippen molar-refractivity contribution in [1.82, 2.24) is 10.2 Å². The first-order valence-electron chi connectivity index (χ1n) is 6.18. The van der Waals surface area contributed by atoms with Crippen LogP contribution in [-0.2, 0) is 4.79 Å². The first-order valence-corrected chi connectivity index (χ1v) is 6.18. The zero-order chi connectivity index (χ0) is 11.7. The number of imide groups is 1. The minimum absolute atomic E-state index is 0.140. The minimum atomic E-state index is -0.192. The van der Waals surface area contributed by atoms with Gasteiger partial charge in [0.05, 0.1) is 0 Å². The maximum Gasteiger partial charge on any atom is 0.324 e. The molecule has 1 heterocycles. The molecule has 90 valence electrons. The van der Waals surface area contributed by atoms with Crippen molar-refractivity contribution in [2.24, 2.45) is 11.8 Å². The van der Waals surface area contributed by atoms with E-state index >= 15 is 0 Å². The van der Waals surface area contributed by atoms with Gasteiger partial charge in [0.2, 0.25) is 5.91 Å². The van der Waals surface area contributed by atoms with Crippen LogP contribution in [-0.4, -0.2) is 29.4 Å². The molecule has 0 radical (unpaired) electrons. The van der Waals surface area contributed by atoms with Crippen molar-refractivity contribution in [2.45, 2.75) is 45.6 Å². The van der Waals surface area contributed by atoms with E-state index in [1.54, 1.807) is 0 Å². The van der Waals surface area contributed by atoms with Gasteiger partial charge >= 0.3 is 6.03 Å². The lowest BCUT2D eigenvalue weighted by Crippen LogP contribution is -2.54. The fourth-order valence-electron chi connectivity index (χ4n) is 2.73. The average molecular weight is 224 g/mol. The van der Waals surface area contributed by atoms with Crippen molar-refractivity contribution < 1.29 is 9.59 Å². The van der Waals surface area contributed by atoms with Gasteiger partial charge in [0.15, 0.2) is 0 Å². The second-order valence-corrected chi connectivity index (χ2v) is 5.22. The molecule has 2 rings (SSSR count). The van der Waals surface area contributed by atoms with Crippen LogP contribution in [0, 0.1) is 11.8 Å². The Kier molecular flexibility index (Phi) is 3.17. The molecule has 0 aromatic carbocycles. The summed E-state index contributed by atoms with van der Waals surface area (Å²) in [5.74, 6) is 1.29. The van der Waals surface area contributed by atoms with Crippen LogP contribution in [0.5, 0.6) is 0 Å². The number of carbonyl (C=O) groups excluding carboxylic acids is 2. The third-order valence-electron chi connectivity index (χ3n) is 4.10. The molecule has 0 bridgehead atoms. The minimum Gasteiger partial charge on any atom is -0.321 e. The third kappa shape index (κ3) is 2.20. The number of rotatable bonds is 1. The van der Waals surface area contributed by atoms with Crippen molar-refractivity contribution in [3.8, 4) is 0 Å². The maximum atomic E-state index is 11.7. The average Bonchev–Trinajstić information content (AvgIpc) is 2.22. The normalized spacial score (nSPS) is 36.1. The van der Waals surface area contributed by atoms with Crippen LogP contribution < -0.4 is 5.32 Å². The molecule has 0 aromatic heterocycles. The van der Waals surface area contributed by atoms with Crippen molar-refractivity contribution >= 4 is 11.9 Å². The molecule has 4 heteroatoms. The number of amides is 3. The Morgan fingerprint density at radius 2 is 1.94 bits per heavy atom. The quantitative estimate of drug-likeness (QED) is 0.737. The number of urea groups is 1. The summed E-state index contributed by atoms with van der Waals surface area (Å²) in [5, 5.41) is 2.40. The van der Waals surface area contributed by atoms with E-state index in [0.29, 0.717) is 24.9 Å². The van der Waals surface area contributed by atoms with Gasteiger partial charge in [-0.15, -0.1) is 0 Å². The SMILES string of the molecule is CC1CCC(N2CCC(=O)NC2=O)CC1C. The molecule has 2 aliphatic rings. The lowest BCUT2D eigenvalue weighted by atomic mass is 9.78. The fourth-order valence-corrected chi connectivity index (χ4v) is 2.73. The zero-order valence-corrected chi connectivity index (χ0v) is 10.0. The largest absolute Gasteiger partial charge is 0.324 e. The lowest BCUT2D eigenvalue weighted by molar-refractivity contribution is -0.121. The Labute approximate surface area is 96.4 Å². The van der Waals surface area contributed by atoms with Gasteiger partial charge in [-0.05, 0) is 31.1 Å². The summed E-state index contributed by atoms with van der Waals surface area (Å²) in [5.41, 5.74) is 0. The predicted octanol–water partition coefficient (Wildman–Crippen LogP) is 1.75. The highest BCUT2D eigenvalue weighted by atomic mass is 16.2. The number of nitrogens with one attached hydrogen (secondary N) is 1. The molecule has 3 unspecified atom stereocenters. The Morgan fingerprint density at radius 1 is 1.19 bits per heavy atom. The molecule has 1 aliphatic carbocycles. The lowest BCUT2D eigenvalue weighted by Gasteiger charge is -2.40. The first kappa shape index (κ1) is 11.4. The van der Waals surface area contributed by atoms with Crippen molar-refractivity contribution in [3.63, 3.8) is 0 Å². The van der Waals surface area contributed by atoms with Crippen LogP contribution in [0.4, 0.5) is 4.79 Å². The molecule has 4 nitrogen and oxygen atoms in total. The third-order valence-corrected chi connectivity index (χ3v) is 4.10. The molecule has 16 heavy (non-hydrogen) atoms. The Bertz CT molecular complexity index is 303. The first-order chi connectivity index (χ1) is 7.58. The number of hydrogen-bond donors (Lipinski definition) is 1. The molecule has 1 N–H and O–H groups in total. The molecule has 1 aliphatic heterocycles. The predicted molar refractivity (Wildman–Crippen MR) is 60.8 cm³/mol. The van der Waals surface area contributed by atoms with Gasteiger partial charge in [-0.25, -0.2) is 4.79 Å². The number of hydrogen-bond acceptors (Lipinski definition) is 2. The van der Waals surface area contributed by atoms with E-state index < -0.39 is 0 Å². The van der Waals surface area contributed by atoms with Crippen molar-refractivity contribution in [3.05, 3.63) is 0 Å². The Morgan fingerprint density at radius 3 is 2.56 bits per heavy atom. The summed E-state index contributed by atoms with van der Waals surface area (Å²) in [7, 11) is 0. The van der Waals surface area contributed by atoms with Gasteiger partial charge in [-0.1, -0.05) is 13.8 Å². The summed E-state index contributed by atoms with van der Waals surface area (Å²) in [4.78, 5) is 24.6. The van der Waals surface area contributed by atoms with E-state index in [1.807, 2.05) is 4.90 Å². The molecular weight excluding hydrogens is 204 g/mol. The van der Waals surface area contributed by atoms with Gasteiger partial charge in [0, 0.05) is 19.0 Å². The van der Waals surface area contributed by atoms with E-state index in [1.165, 1.54) is 6.42 Å². The molecule has 0 aromatic rings. The molecule has 2 fully saturated rings. The molecule has 0 spiro atoms. The van der Waals surface area contributed by atoms with Crippen molar-refractivity contribution in [1.29, 1.82) is 0 Å². The second-order valence-electron chi connectivity index (χ2n) is 5.22. The summed E-state index contributed by atoms with van der Waals surface area (Å²) in [6.45, 7) is 5.13. The smallest absolute Gasteiger partial charge is 0.321 e. The molecule has 3 atom stereocenters. The monoisotopic (exact) mass is 224 g/mol.